The third-order valence-corrected chi connectivity index (χ3v) is 5.63. The van der Waals surface area contributed by atoms with E-state index >= 15 is 0 Å². The molecule has 0 unspecified atom stereocenters. The van der Waals surface area contributed by atoms with Gasteiger partial charge in [-0.05, 0) is 49.8 Å². The van der Waals surface area contributed by atoms with E-state index in [9.17, 15) is 0 Å². The molecule has 2 fully saturated rings. The molecule has 0 atom stereocenters. The predicted octanol–water partition coefficient (Wildman–Crippen LogP) is 4.46. The van der Waals surface area contributed by atoms with Gasteiger partial charge in [0.05, 0.1) is 27.4 Å². The molecule has 1 aliphatic heterocycles. The minimum absolute atomic E-state index is 0.790. The fourth-order valence-corrected chi connectivity index (χ4v) is 4.04. The Kier molecular flexibility index (Phi) is 11.3. The van der Waals surface area contributed by atoms with Crippen LogP contribution in [0.1, 0.15) is 51.4 Å². The summed E-state index contributed by atoms with van der Waals surface area (Å²) in [5, 5.41) is 0. The standard InChI is InChI=1S/C13H20O3.C10H19NO/c1-14-9-5-7-11-6-4-8-12(15-2)13(10-11)16-3;1-2-4-10(5-3-1)11-6-8-12-9-7-11/h6,8,10H,4-5,7,9H2,1-3H3;10H,1-9H2. The van der Waals surface area contributed by atoms with E-state index in [1.165, 1.54) is 50.8 Å². The molecule has 0 aromatic rings. The summed E-state index contributed by atoms with van der Waals surface area (Å²) >= 11 is 0. The number of morpholine rings is 1. The Morgan fingerprint density at radius 2 is 1.68 bits per heavy atom. The van der Waals surface area contributed by atoms with E-state index in [2.05, 4.69) is 11.0 Å². The van der Waals surface area contributed by atoms with Gasteiger partial charge in [-0.15, -0.1) is 0 Å². The van der Waals surface area contributed by atoms with Crippen LogP contribution in [-0.4, -0.2) is 65.2 Å². The maximum absolute atomic E-state index is 5.35. The van der Waals surface area contributed by atoms with Gasteiger partial charge in [-0.25, -0.2) is 0 Å². The first-order valence-electron chi connectivity index (χ1n) is 10.8. The predicted molar refractivity (Wildman–Crippen MR) is 113 cm³/mol. The molecular formula is C23H39NO4. The van der Waals surface area contributed by atoms with Crippen molar-refractivity contribution >= 4 is 0 Å². The SMILES string of the molecule is C1CCC(N2CCOCC2)CC1.COCCCC1=CCC=C(OC)C(OC)=C1. The smallest absolute Gasteiger partial charge is 0.160 e. The number of rotatable bonds is 7. The van der Waals surface area contributed by atoms with Crippen molar-refractivity contribution in [3.8, 4) is 0 Å². The van der Waals surface area contributed by atoms with Crippen LogP contribution in [-0.2, 0) is 18.9 Å². The molecule has 0 N–H and O–H groups in total. The van der Waals surface area contributed by atoms with Crippen molar-refractivity contribution in [2.24, 2.45) is 0 Å². The van der Waals surface area contributed by atoms with Gasteiger partial charge < -0.3 is 18.9 Å². The molecule has 5 heteroatoms. The summed E-state index contributed by atoms with van der Waals surface area (Å²) in [4.78, 5) is 2.63. The Hall–Kier alpha value is -1.30. The largest absolute Gasteiger partial charge is 0.493 e. The minimum Gasteiger partial charge on any atom is -0.493 e. The first-order valence-corrected chi connectivity index (χ1v) is 10.8. The first kappa shape index (κ1) is 23.0. The highest BCUT2D eigenvalue weighted by Crippen LogP contribution is 2.23. The normalized spacial score (nSPS) is 21.5. The second kappa shape index (κ2) is 13.8. The van der Waals surface area contributed by atoms with E-state index in [4.69, 9.17) is 18.9 Å². The summed E-state index contributed by atoms with van der Waals surface area (Å²) in [6, 6.07) is 0.891. The molecule has 0 aromatic heterocycles. The maximum Gasteiger partial charge on any atom is 0.160 e. The van der Waals surface area contributed by atoms with Crippen LogP contribution in [0.25, 0.3) is 0 Å². The van der Waals surface area contributed by atoms with Crippen molar-refractivity contribution in [3.63, 3.8) is 0 Å². The van der Waals surface area contributed by atoms with Crippen LogP contribution in [0.3, 0.4) is 0 Å². The zero-order chi connectivity index (χ0) is 20.0. The molecule has 1 saturated heterocycles. The molecule has 160 valence electrons. The maximum atomic E-state index is 5.35. The summed E-state index contributed by atoms with van der Waals surface area (Å²) in [5.74, 6) is 1.60. The molecule has 0 amide bonds. The molecule has 5 nitrogen and oxygen atoms in total. The van der Waals surface area contributed by atoms with Crippen molar-refractivity contribution in [1.29, 1.82) is 0 Å². The third kappa shape index (κ3) is 7.98. The van der Waals surface area contributed by atoms with Crippen LogP contribution >= 0.6 is 0 Å². The highest BCUT2D eigenvalue weighted by molar-refractivity contribution is 5.34. The lowest BCUT2D eigenvalue weighted by atomic mass is 9.94. The van der Waals surface area contributed by atoms with Crippen molar-refractivity contribution < 1.29 is 18.9 Å². The fourth-order valence-electron chi connectivity index (χ4n) is 4.04. The molecule has 28 heavy (non-hydrogen) atoms. The first-order chi connectivity index (χ1) is 13.8. The number of hydrogen-bond donors (Lipinski definition) is 0. The van der Waals surface area contributed by atoms with E-state index in [1.807, 2.05) is 12.2 Å². The topological polar surface area (TPSA) is 40.2 Å². The molecule has 1 heterocycles. The number of hydrogen-bond acceptors (Lipinski definition) is 5. The van der Waals surface area contributed by atoms with Gasteiger partial charge in [-0.1, -0.05) is 25.3 Å². The Labute approximate surface area is 171 Å². The lowest BCUT2D eigenvalue weighted by Crippen LogP contribution is -2.44. The second-order valence-electron chi connectivity index (χ2n) is 7.54. The van der Waals surface area contributed by atoms with Gasteiger partial charge in [0.2, 0.25) is 0 Å². The molecule has 1 saturated carbocycles. The van der Waals surface area contributed by atoms with Gasteiger partial charge in [0.25, 0.3) is 0 Å². The Morgan fingerprint density at radius 3 is 2.32 bits per heavy atom. The van der Waals surface area contributed by atoms with Crippen LogP contribution in [0.5, 0.6) is 0 Å². The summed E-state index contributed by atoms with van der Waals surface area (Å²) < 4.78 is 21.0. The molecule has 3 aliphatic rings. The number of allylic oxidation sites excluding steroid dienone is 4. The minimum atomic E-state index is 0.790. The quantitative estimate of drug-likeness (QED) is 0.598. The average molecular weight is 394 g/mol. The van der Waals surface area contributed by atoms with Crippen molar-refractivity contribution in [1.82, 2.24) is 4.90 Å². The molecular weight excluding hydrogens is 354 g/mol. The Morgan fingerprint density at radius 1 is 0.964 bits per heavy atom. The molecule has 0 aromatic carbocycles. The van der Waals surface area contributed by atoms with E-state index < -0.39 is 0 Å². The third-order valence-electron chi connectivity index (χ3n) is 5.63. The van der Waals surface area contributed by atoms with Crippen LogP contribution in [0.4, 0.5) is 0 Å². The zero-order valence-electron chi connectivity index (χ0n) is 18.1. The fraction of sp³-hybridized carbons (Fsp3) is 0.739. The lowest BCUT2D eigenvalue weighted by Gasteiger charge is -2.36. The summed E-state index contributed by atoms with van der Waals surface area (Å²) in [6.07, 6.45) is 16.4. The molecule has 0 bridgehead atoms. The average Bonchev–Trinajstić information content (AvgIpc) is 2.97. The number of ether oxygens (including phenoxy) is 4. The second-order valence-corrected chi connectivity index (χ2v) is 7.54. The summed E-state index contributed by atoms with van der Waals surface area (Å²) in [7, 11) is 5.05. The number of methoxy groups -OCH3 is 3. The van der Waals surface area contributed by atoms with Gasteiger partial charge >= 0.3 is 0 Å². The van der Waals surface area contributed by atoms with Crippen LogP contribution in [0.2, 0.25) is 0 Å². The van der Waals surface area contributed by atoms with Crippen LogP contribution in [0, 0.1) is 0 Å². The highest BCUT2D eigenvalue weighted by Gasteiger charge is 2.22. The summed E-state index contributed by atoms with van der Waals surface area (Å²) in [5.41, 5.74) is 1.28. The molecule has 2 aliphatic carbocycles. The Bertz CT molecular complexity index is 499. The monoisotopic (exact) mass is 393 g/mol. The van der Waals surface area contributed by atoms with Gasteiger partial charge in [0, 0.05) is 32.8 Å². The number of nitrogens with zero attached hydrogens (tertiary/aromatic N) is 1. The van der Waals surface area contributed by atoms with Crippen molar-refractivity contribution in [3.05, 3.63) is 35.3 Å². The Balaban J connectivity index is 0.000000207. The summed E-state index contributed by atoms with van der Waals surface area (Å²) in [6.45, 7) is 5.04. The van der Waals surface area contributed by atoms with E-state index in [0.717, 1.165) is 56.6 Å². The van der Waals surface area contributed by atoms with E-state index in [1.54, 1.807) is 21.3 Å². The van der Waals surface area contributed by atoms with Gasteiger partial charge in [0.1, 0.15) is 0 Å². The lowest BCUT2D eigenvalue weighted by molar-refractivity contribution is 0.00858. The van der Waals surface area contributed by atoms with Gasteiger partial charge in [0.15, 0.2) is 11.5 Å². The highest BCUT2D eigenvalue weighted by atomic mass is 16.5. The van der Waals surface area contributed by atoms with Crippen LogP contribution < -0.4 is 0 Å². The van der Waals surface area contributed by atoms with Crippen molar-refractivity contribution in [2.75, 3.05) is 54.2 Å². The van der Waals surface area contributed by atoms with E-state index in [0.29, 0.717) is 0 Å². The molecule has 3 rings (SSSR count). The van der Waals surface area contributed by atoms with Crippen molar-refractivity contribution in [2.45, 2.75) is 57.4 Å². The zero-order valence-corrected chi connectivity index (χ0v) is 18.1. The molecule has 0 radical (unpaired) electrons. The van der Waals surface area contributed by atoms with Crippen LogP contribution in [0.15, 0.2) is 35.3 Å². The van der Waals surface area contributed by atoms with E-state index in [-0.39, 0.29) is 0 Å². The molecule has 0 spiro atoms. The van der Waals surface area contributed by atoms with Gasteiger partial charge in [-0.3, -0.25) is 4.90 Å². The van der Waals surface area contributed by atoms with Gasteiger partial charge in [-0.2, -0.15) is 0 Å².